The van der Waals surface area contributed by atoms with E-state index in [-0.39, 0.29) is 24.0 Å². The molecule has 0 spiro atoms. The number of amides is 3. The van der Waals surface area contributed by atoms with Crippen LogP contribution in [-0.4, -0.2) is 88.2 Å². The van der Waals surface area contributed by atoms with Gasteiger partial charge in [-0.1, -0.05) is 0 Å². The highest BCUT2D eigenvalue weighted by Gasteiger charge is 2.43. The van der Waals surface area contributed by atoms with E-state index in [4.69, 9.17) is 11.5 Å². The summed E-state index contributed by atoms with van der Waals surface area (Å²) in [5, 5.41) is 12.0. The van der Waals surface area contributed by atoms with Crippen molar-refractivity contribution in [3.8, 4) is 0 Å². The molecule has 4 unspecified atom stereocenters. The fourth-order valence-electron chi connectivity index (χ4n) is 4.09. The van der Waals surface area contributed by atoms with Gasteiger partial charge in [0.15, 0.2) is 0 Å². The van der Waals surface area contributed by atoms with Gasteiger partial charge in [0.2, 0.25) is 17.7 Å². The highest BCUT2D eigenvalue weighted by molar-refractivity contribution is 7.80. The fraction of sp³-hybridized carbons (Fsp3) is 0.789. The lowest BCUT2D eigenvalue weighted by Crippen LogP contribution is -2.56. The smallest absolute Gasteiger partial charge is 0.326 e. The molecule has 170 valence electrons. The SMILES string of the molecule is NCCCCC(NC(=O)C1CCCN1C(=O)C1CCCN1C(=O)C(N)CS)C(=O)O. The number of carboxylic acids is 1. The van der Waals surface area contributed by atoms with E-state index in [1.807, 2.05) is 0 Å². The molecule has 0 aliphatic carbocycles. The Morgan fingerprint density at radius 2 is 1.70 bits per heavy atom. The van der Waals surface area contributed by atoms with Crippen LogP contribution in [0.3, 0.4) is 0 Å². The third kappa shape index (κ3) is 5.86. The van der Waals surface area contributed by atoms with E-state index in [2.05, 4.69) is 17.9 Å². The van der Waals surface area contributed by atoms with Crippen molar-refractivity contribution in [3.05, 3.63) is 0 Å². The number of unbranched alkanes of at least 4 members (excludes halogenated alkanes) is 1. The number of nitrogens with one attached hydrogen (secondary N) is 1. The van der Waals surface area contributed by atoms with Gasteiger partial charge in [-0.3, -0.25) is 14.4 Å². The molecule has 0 aromatic rings. The van der Waals surface area contributed by atoms with E-state index in [0.29, 0.717) is 58.2 Å². The van der Waals surface area contributed by atoms with Crippen molar-refractivity contribution in [2.24, 2.45) is 11.5 Å². The first-order chi connectivity index (χ1) is 14.3. The third-order valence-electron chi connectivity index (χ3n) is 5.73. The number of thiol groups is 1. The molecule has 11 heteroatoms. The van der Waals surface area contributed by atoms with Crippen molar-refractivity contribution in [1.82, 2.24) is 15.1 Å². The van der Waals surface area contributed by atoms with Crippen molar-refractivity contribution >= 4 is 36.3 Å². The largest absolute Gasteiger partial charge is 0.480 e. The van der Waals surface area contributed by atoms with Gasteiger partial charge in [-0.2, -0.15) is 12.6 Å². The lowest BCUT2D eigenvalue weighted by atomic mass is 10.1. The van der Waals surface area contributed by atoms with Crippen LogP contribution in [0.5, 0.6) is 0 Å². The maximum Gasteiger partial charge on any atom is 0.326 e. The van der Waals surface area contributed by atoms with Crippen LogP contribution in [0.4, 0.5) is 0 Å². The highest BCUT2D eigenvalue weighted by atomic mass is 32.1. The molecule has 4 atom stereocenters. The molecule has 0 aromatic heterocycles. The van der Waals surface area contributed by atoms with Gasteiger partial charge in [0.25, 0.3) is 0 Å². The van der Waals surface area contributed by atoms with Gasteiger partial charge < -0.3 is 31.7 Å². The van der Waals surface area contributed by atoms with E-state index in [0.717, 1.165) is 0 Å². The Morgan fingerprint density at radius 3 is 2.30 bits per heavy atom. The predicted octanol–water partition coefficient (Wildman–Crippen LogP) is -1.08. The zero-order valence-electron chi connectivity index (χ0n) is 17.2. The van der Waals surface area contributed by atoms with Crippen molar-refractivity contribution in [2.75, 3.05) is 25.4 Å². The molecule has 0 bridgehead atoms. The zero-order valence-corrected chi connectivity index (χ0v) is 18.1. The minimum atomic E-state index is -1.11. The minimum Gasteiger partial charge on any atom is -0.480 e. The van der Waals surface area contributed by atoms with Crippen LogP contribution in [-0.2, 0) is 19.2 Å². The van der Waals surface area contributed by atoms with Crippen LogP contribution in [0, 0.1) is 0 Å². The summed E-state index contributed by atoms with van der Waals surface area (Å²) in [5.41, 5.74) is 11.2. The molecular formula is C19H33N5O5S. The van der Waals surface area contributed by atoms with Crippen LogP contribution in [0.15, 0.2) is 0 Å². The van der Waals surface area contributed by atoms with Crippen molar-refractivity contribution in [1.29, 1.82) is 0 Å². The summed E-state index contributed by atoms with van der Waals surface area (Å²) in [6, 6.07) is -3.16. The number of likely N-dealkylation sites (tertiary alicyclic amines) is 2. The summed E-state index contributed by atoms with van der Waals surface area (Å²) < 4.78 is 0. The summed E-state index contributed by atoms with van der Waals surface area (Å²) in [4.78, 5) is 52.9. The van der Waals surface area contributed by atoms with E-state index in [9.17, 15) is 24.3 Å². The highest BCUT2D eigenvalue weighted by Crippen LogP contribution is 2.25. The Labute approximate surface area is 182 Å². The summed E-state index contributed by atoms with van der Waals surface area (Å²) in [6.07, 6.45) is 3.86. The lowest BCUT2D eigenvalue weighted by Gasteiger charge is -2.32. The summed E-state index contributed by atoms with van der Waals surface area (Å²) in [5.74, 6) is -1.98. The molecule has 2 rings (SSSR count). The molecule has 0 radical (unpaired) electrons. The quantitative estimate of drug-likeness (QED) is 0.212. The molecule has 2 aliphatic heterocycles. The monoisotopic (exact) mass is 443 g/mol. The molecule has 30 heavy (non-hydrogen) atoms. The Kier molecular flexibility index (Phi) is 9.37. The number of nitrogens with zero attached hydrogens (tertiary/aromatic N) is 2. The number of hydrogen-bond donors (Lipinski definition) is 5. The third-order valence-corrected chi connectivity index (χ3v) is 6.13. The first-order valence-corrected chi connectivity index (χ1v) is 11.2. The molecule has 2 saturated heterocycles. The number of carbonyl (C=O) groups excluding carboxylic acids is 3. The van der Waals surface area contributed by atoms with Gasteiger partial charge in [0.05, 0.1) is 6.04 Å². The second-order valence-electron chi connectivity index (χ2n) is 7.85. The minimum absolute atomic E-state index is 0.186. The molecule has 10 nitrogen and oxygen atoms in total. The normalized spacial score (nSPS) is 23.3. The molecule has 0 saturated carbocycles. The maximum atomic E-state index is 13.2. The van der Waals surface area contributed by atoms with Crippen LogP contribution in [0.25, 0.3) is 0 Å². The number of carbonyl (C=O) groups is 4. The second-order valence-corrected chi connectivity index (χ2v) is 8.22. The van der Waals surface area contributed by atoms with Crippen molar-refractivity contribution < 1.29 is 24.3 Å². The fourth-order valence-corrected chi connectivity index (χ4v) is 4.25. The van der Waals surface area contributed by atoms with Crippen molar-refractivity contribution in [2.45, 2.75) is 69.1 Å². The van der Waals surface area contributed by atoms with Gasteiger partial charge in [-0.15, -0.1) is 0 Å². The number of carboxylic acid groups (broad SMARTS) is 1. The average Bonchev–Trinajstić information content (AvgIpc) is 3.40. The van der Waals surface area contributed by atoms with Gasteiger partial charge in [-0.05, 0) is 51.5 Å². The van der Waals surface area contributed by atoms with Crippen LogP contribution < -0.4 is 16.8 Å². The molecular weight excluding hydrogens is 410 g/mol. The average molecular weight is 444 g/mol. The van der Waals surface area contributed by atoms with Crippen LogP contribution >= 0.6 is 12.6 Å². The molecule has 2 heterocycles. The Morgan fingerprint density at radius 1 is 1.07 bits per heavy atom. The summed E-state index contributed by atoms with van der Waals surface area (Å²) in [7, 11) is 0. The predicted molar refractivity (Wildman–Crippen MR) is 114 cm³/mol. The lowest BCUT2D eigenvalue weighted by molar-refractivity contribution is -0.148. The first-order valence-electron chi connectivity index (χ1n) is 10.5. The number of rotatable bonds is 10. The van der Waals surface area contributed by atoms with E-state index < -0.39 is 36.0 Å². The van der Waals surface area contributed by atoms with Crippen LogP contribution in [0.2, 0.25) is 0 Å². The summed E-state index contributed by atoms with van der Waals surface area (Å²) in [6.45, 7) is 1.31. The molecule has 6 N–H and O–H groups in total. The van der Waals surface area contributed by atoms with E-state index in [1.54, 1.807) is 0 Å². The summed E-state index contributed by atoms with van der Waals surface area (Å²) >= 11 is 4.06. The molecule has 3 amide bonds. The zero-order chi connectivity index (χ0) is 22.3. The number of aliphatic carboxylic acids is 1. The second kappa shape index (κ2) is 11.5. The molecule has 2 fully saturated rings. The standard InChI is InChI=1S/C19H33N5O5S/c20-8-2-1-5-13(19(28)29)22-16(25)14-6-3-9-23(14)18(27)15-7-4-10-24(15)17(26)12(21)11-30/h12-15,30H,1-11,20-21H2,(H,22,25)(H,28,29). The first kappa shape index (κ1) is 24.4. The molecule has 0 aromatic carbocycles. The van der Waals surface area contributed by atoms with Crippen molar-refractivity contribution in [3.63, 3.8) is 0 Å². The van der Waals surface area contributed by atoms with Crippen LogP contribution in [0.1, 0.15) is 44.9 Å². The van der Waals surface area contributed by atoms with E-state index >= 15 is 0 Å². The van der Waals surface area contributed by atoms with Gasteiger partial charge in [0.1, 0.15) is 18.1 Å². The Balaban J connectivity index is 2.04. The Hall–Kier alpha value is -1.85. The van der Waals surface area contributed by atoms with E-state index in [1.165, 1.54) is 9.80 Å². The topological polar surface area (TPSA) is 159 Å². The van der Waals surface area contributed by atoms with Gasteiger partial charge in [-0.25, -0.2) is 4.79 Å². The van der Waals surface area contributed by atoms with Gasteiger partial charge in [0, 0.05) is 18.8 Å². The Bertz CT molecular complexity index is 649. The number of nitrogens with two attached hydrogens (primary N) is 2. The molecule has 2 aliphatic rings. The number of hydrogen-bond acceptors (Lipinski definition) is 7. The maximum absolute atomic E-state index is 13.2. The van der Waals surface area contributed by atoms with Gasteiger partial charge >= 0.3 is 5.97 Å².